The van der Waals surface area contributed by atoms with Gasteiger partial charge in [-0.1, -0.05) is 48.0 Å². The second kappa shape index (κ2) is 16.5. The van der Waals surface area contributed by atoms with Gasteiger partial charge in [-0.15, -0.1) is 0 Å². The van der Waals surface area contributed by atoms with Crippen molar-refractivity contribution in [3.8, 4) is 5.75 Å². The normalized spacial score (nSPS) is 28.6. The van der Waals surface area contributed by atoms with Crippen LogP contribution in [0.1, 0.15) is 54.9 Å². The molecule has 1 aliphatic carbocycles. The maximum atomic E-state index is 10.4. The van der Waals surface area contributed by atoms with Crippen molar-refractivity contribution in [2.45, 2.75) is 81.2 Å². The molecule has 3 aliphatic rings. The van der Waals surface area contributed by atoms with E-state index in [4.69, 9.17) is 30.9 Å². The third kappa shape index (κ3) is 9.47. The average molecular weight is 620 g/mol. The van der Waals surface area contributed by atoms with Gasteiger partial charge in [-0.25, -0.2) is 0 Å². The molecule has 43 heavy (non-hydrogen) atoms. The molecule has 0 amide bonds. The summed E-state index contributed by atoms with van der Waals surface area (Å²) in [4.78, 5) is 10.1. The van der Waals surface area contributed by atoms with Gasteiger partial charge < -0.3 is 45.1 Å². The van der Waals surface area contributed by atoms with Crippen LogP contribution >= 0.6 is 11.6 Å². The zero-order valence-corrected chi connectivity index (χ0v) is 24.8. The predicted octanol–water partition coefficient (Wildman–Crippen LogP) is 2.77. The number of hydrogen-bond acceptors (Lipinski definition) is 9. The molecule has 236 valence electrons. The fraction of sp³-hybridized carbons (Fsp3) is 0.531. The number of benzene rings is 2. The summed E-state index contributed by atoms with van der Waals surface area (Å²) in [7, 11) is 0. The summed E-state index contributed by atoms with van der Waals surface area (Å²) >= 11 is 6.43. The number of carbonyl (C=O) groups is 1. The highest BCUT2D eigenvalue weighted by Gasteiger charge is 2.44. The third-order valence-corrected chi connectivity index (χ3v) is 8.23. The topological polar surface area (TPSA) is 158 Å². The Morgan fingerprint density at radius 2 is 1.79 bits per heavy atom. The molecule has 2 heterocycles. The molecular formula is C32H42ClNO9. The molecule has 0 aromatic heterocycles. The summed E-state index contributed by atoms with van der Waals surface area (Å²) in [5, 5.41) is 51.8. The first kappa shape index (κ1) is 33.4. The molecule has 11 heteroatoms. The lowest BCUT2D eigenvalue weighted by atomic mass is 9.90. The third-order valence-electron chi connectivity index (χ3n) is 7.86. The van der Waals surface area contributed by atoms with Crippen LogP contribution in [-0.2, 0) is 20.7 Å². The summed E-state index contributed by atoms with van der Waals surface area (Å²) in [6.07, 6.45) is 4.14. The number of ether oxygens (including phenoxy) is 3. The Morgan fingerprint density at radius 1 is 1.00 bits per heavy atom. The number of hydrogen-bond donors (Lipinski definition) is 6. The van der Waals surface area contributed by atoms with Gasteiger partial charge in [-0.2, -0.15) is 0 Å². The van der Waals surface area contributed by atoms with E-state index in [1.54, 1.807) is 12.1 Å². The Hall–Kier alpha value is -2.54. The molecule has 2 fully saturated rings. The lowest BCUT2D eigenvalue weighted by Gasteiger charge is -2.40. The van der Waals surface area contributed by atoms with Crippen molar-refractivity contribution in [2.75, 3.05) is 26.4 Å². The molecule has 2 saturated heterocycles. The number of aliphatic hydroxyl groups is 4. The molecule has 0 bridgehead atoms. The van der Waals surface area contributed by atoms with E-state index in [1.807, 2.05) is 30.3 Å². The standard InChI is InChI=1S/C27H33ClO7.C5H9NO2/c28-22-11-8-18(27-26(32)25(31)24(30)23(16-29)35-27)15-19(22)14-17-6-9-21(10-7-17)34-13-12-33-20-4-2-1-3-5-20;7-5(8)4-2-1-3-6-4/h2,4,6-11,15,20,23-27,29-32H,1,3,5,12-14,16H2;4,6H,1-3H2,(H,7,8)/t20?,23-,24-,25+,26-,27+;4-/m10/s1. The predicted molar refractivity (Wildman–Crippen MR) is 160 cm³/mol. The molecule has 6 N–H and O–H groups in total. The number of nitrogens with one attached hydrogen (secondary N) is 1. The van der Waals surface area contributed by atoms with Crippen molar-refractivity contribution in [3.05, 3.63) is 76.3 Å². The minimum Gasteiger partial charge on any atom is -0.491 e. The molecule has 5 rings (SSSR count). The van der Waals surface area contributed by atoms with E-state index < -0.39 is 43.1 Å². The molecule has 2 aromatic rings. The Labute approximate surface area is 256 Å². The fourth-order valence-corrected chi connectivity index (χ4v) is 5.57. The van der Waals surface area contributed by atoms with Crippen LogP contribution in [0, 0.1) is 0 Å². The maximum absolute atomic E-state index is 10.4. The average Bonchev–Trinajstić information content (AvgIpc) is 3.57. The number of carboxylic acids is 1. The number of halogens is 1. The van der Waals surface area contributed by atoms with Gasteiger partial charge >= 0.3 is 5.97 Å². The van der Waals surface area contributed by atoms with Crippen LogP contribution in [0.4, 0.5) is 0 Å². The Morgan fingerprint density at radius 3 is 2.42 bits per heavy atom. The van der Waals surface area contributed by atoms with Gasteiger partial charge in [0.1, 0.15) is 48.9 Å². The highest BCUT2D eigenvalue weighted by Crippen LogP contribution is 2.34. The number of aliphatic hydroxyl groups excluding tert-OH is 4. The lowest BCUT2D eigenvalue weighted by Crippen LogP contribution is -2.55. The van der Waals surface area contributed by atoms with Gasteiger partial charge in [0.05, 0.1) is 19.3 Å². The zero-order valence-electron chi connectivity index (χ0n) is 24.1. The highest BCUT2D eigenvalue weighted by atomic mass is 35.5. The quantitative estimate of drug-likeness (QED) is 0.173. The number of carboxylic acid groups (broad SMARTS) is 1. The summed E-state index contributed by atoms with van der Waals surface area (Å²) in [5.41, 5.74) is 2.45. The van der Waals surface area contributed by atoms with Crippen LogP contribution in [0.5, 0.6) is 5.75 Å². The molecular weight excluding hydrogens is 578 g/mol. The maximum Gasteiger partial charge on any atom is 0.320 e. The Balaban J connectivity index is 0.000000458. The first-order valence-electron chi connectivity index (χ1n) is 14.8. The highest BCUT2D eigenvalue weighted by molar-refractivity contribution is 6.31. The van der Waals surface area contributed by atoms with E-state index >= 15 is 0 Å². The van der Waals surface area contributed by atoms with Crippen molar-refractivity contribution < 1.29 is 44.5 Å². The smallest absolute Gasteiger partial charge is 0.320 e. The van der Waals surface area contributed by atoms with Gasteiger partial charge in [0, 0.05) is 5.02 Å². The van der Waals surface area contributed by atoms with Crippen LogP contribution in [-0.4, -0.2) is 94.4 Å². The van der Waals surface area contributed by atoms with Crippen molar-refractivity contribution in [3.63, 3.8) is 0 Å². The molecule has 2 aromatic carbocycles. The van der Waals surface area contributed by atoms with E-state index in [0.29, 0.717) is 30.2 Å². The van der Waals surface area contributed by atoms with E-state index in [1.165, 1.54) is 6.42 Å². The van der Waals surface area contributed by atoms with Crippen LogP contribution in [0.15, 0.2) is 54.6 Å². The zero-order chi connectivity index (χ0) is 30.8. The molecule has 1 unspecified atom stereocenters. The van der Waals surface area contributed by atoms with Crippen molar-refractivity contribution in [1.82, 2.24) is 5.32 Å². The molecule has 7 atom stereocenters. The van der Waals surface area contributed by atoms with E-state index in [-0.39, 0.29) is 12.1 Å². The first-order valence-corrected chi connectivity index (χ1v) is 15.2. The van der Waals surface area contributed by atoms with E-state index in [9.17, 15) is 25.2 Å². The summed E-state index contributed by atoms with van der Waals surface area (Å²) in [5.74, 6) is 0.0419. The SMILES string of the molecule is O=C(O)[C@@H]1CCCN1.OC[C@H]1O[C@@H](c2ccc(Cl)c(Cc3ccc(OCCOC4C=CCCC4)cc3)c2)[C@H](O)[C@@H](O)[C@@H]1O. The van der Waals surface area contributed by atoms with Crippen LogP contribution < -0.4 is 10.1 Å². The summed E-state index contributed by atoms with van der Waals surface area (Å²) in [6, 6.07) is 12.7. The van der Waals surface area contributed by atoms with Gasteiger partial charge in [0.15, 0.2) is 0 Å². The van der Waals surface area contributed by atoms with Crippen LogP contribution in [0.3, 0.4) is 0 Å². The van der Waals surface area contributed by atoms with Crippen LogP contribution in [0.25, 0.3) is 0 Å². The fourth-order valence-electron chi connectivity index (χ4n) is 5.38. The Bertz CT molecular complexity index is 1190. The Kier molecular flexibility index (Phi) is 12.8. The second-order valence-electron chi connectivity index (χ2n) is 11.0. The minimum atomic E-state index is -1.43. The largest absolute Gasteiger partial charge is 0.491 e. The van der Waals surface area contributed by atoms with Gasteiger partial charge in [0.25, 0.3) is 0 Å². The molecule has 2 aliphatic heterocycles. The van der Waals surface area contributed by atoms with E-state index in [0.717, 1.165) is 49.1 Å². The van der Waals surface area contributed by atoms with Crippen molar-refractivity contribution in [1.29, 1.82) is 0 Å². The monoisotopic (exact) mass is 619 g/mol. The summed E-state index contributed by atoms with van der Waals surface area (Å²) in [6.45, 7) is 1.41. The van der Waals surface area contributed by atoms with Gasteiger partial charge in [-0.3, -0.25) is 4.79 Å². The molecule has 0 saturated carbocycles. The van der Waals surface area contributed by atoms with Gasteiger partial charge in [0.2, 0.25) is 0 Å². The molecule has 10 nitrogen and oxygen atoms in total. The second-order valence-corrected chi connectivity index (χ2v) is 11.4. The molecule has 0 radical (unpaired) electrons. The number of aliphatic carboxylic acids is 1. The minimum absolute atomic E-state index is 0.193. The number of rotatable bonds is 10. The van der Waals surface area contributed by atoms with Crippen LogP contribution in [0.2, 0.25) is 5.02 Å². The first-order chi connectivity index (χ1) is 20.8. The van der Waals surface area contributed by atoms with Crippen molar-refractivity contribution >= 4 is 17.6 Å². The van der Waals surface area contributed by atoms with Crippen molar-refractivity contribution in [2.24, 2.45) is 0 Å². The lowest BCUT2D eigenvalue weighted by molar-refractivity contribution is -0.231. The molecule has 0 spiro atoms. The summed E-state index contributed by atoms with van der Waals surface area (Å²) < 4.78 is 17.3. The number of allylic oxidation sites excluding steroid dienone is 1. The van der Waals surface area contributed by atoms with Gasteiger partial charge in [-0.05, 0) is 80.0 Å². The van der Waals surface area contributed by atoms with E-state index in [2.05, 4.69) is 17.5 Å².